The van der Waals surface area contributed by atoms with Crippen molar-refractivity contribution in [1.29, 1.82) is 0 Å². The largest absolute Gasteiger partial charge is 0.347 e. The number of carbonyl (C=O) groups is 1. The minimum atomic E-state index is -0.0723. The number of para-hydroxylation sites is 1. The molecule has 4 rings (SSSR count). The monoisotopic (exact) mass is 335 g/mol. The smallest absolute Gasteiger partial charge is 0.253 e. The van der Waals surface area contributed by atoms with Gasteiger partial charge in [-0.3, -0.25) is 9.78 Å². The predicted molar refractivity (Wildman–Crippen MR) is 95.4 cm³/mol. The first-order valence-electron chi connectivity index (χ1n) is 8.70. The van der Waals surface area contributed by atoms with Gasteiger partial charge in [-0.25, -0.2) is 0 Å². The number of rotatable bonds is 3. The molecule has 0 saturated carbocycles. The molecule has 0 aliphatic carbocycles. The maximum Gasteiger partial charge on any atom is 0.253 e. The van der Waals surface area contributed by atoms with Crippen molar-refractivity contribution in [2.45, 2.75) is 45.2 Å². The minimum Gasteiger partial charge on any atom is -0.347 e. The number of pyridine rings is 1. The number of carbonyl (C=O) groups excluding carboxylic acids is 1. The molecule has 0 unspecified atom stereocenters. The van der Waals surface area contributed by atoms with E-state index in [0.29, 0.717) is 11.5 Å². The second kappa shape index (κ2) is 6.27. The summed E-state index contributed by atoms with van der Waals surface area (Å²) in [6.45, 7) is 4.95. The van der Waals surface area contributed by atoms with Crippen LogP contribution < -0.4 is 5.32 Å². The molecule has 6 nitrogen and oxygen atoms in total. The van der Waals surface area contributed by atoms with Crippen LogP contribution in [0.4, 0.5) is 0 Å². The number of nitrogens with one attached hydrogen (secondary N) is 1. The van der Waals surface area contributed by atoms with Crippen LogP contribution >= 0.6 is 0 Å². The van der Waals surface area contributed by atoms with Gasteiger partial charge in [0, 0.05) is 36.5 Å². The van der Waals surface area contributed by atoms with Crippen molar-refractivity contribution < 1.29 is 4.79 Å². The third-order valence-electron chi connectivity index (χ3n) is 4.70. The zero-order valence-electron chi connectivity index (χ0n) is 14.4. The molecular weight excluding hydrogens is 314 g/mol. The van der Waals surface area contributed by atoms with Gasteiger partial charge >= 0.3 is 0 Å². The van der Waals surface area contributed by atoms with Crippen LogP contribution in [0.3, 0.4) is 0 Å². The quantitative estimate of drug-likeness (QED) is 0.799. The SMILES string of the molecule is CC(C)c1nnc2n1C[C@@H](NC(=O)c1cccc3cccnc13)CC2. The van der Waals surface area contributed by atoms with E-state index in [1.165, 1.54) is 0 Å². The molecule has 2 aromatic heterocycles. The van der Waals surface area contributed by atoms with Crippen LogP contribution in [0.5, 0.6) is 0 Å². The van der Waals surface area contributed by atoms with E-state index in [-0.39, 0.29) is 11.9 Å². The van der Waals surface area contributed by atoms with Crippen LogP contribution in [0.25, 0.3) is 10.9 Å². The molecule has 1 amide bonds. The molecule has 3 heterocycles. The lowest BCUT2D eigenvalue weighted by Gasteiger charge is -2.26. The van der Waals surface area contributed by atoms with Gasteiger partial charge in [0.1, 0.15) is 11.6 Å². The summed E-state index contributed by atoms with van der Waals surface area (Å²) in [6.07, 6.45) is 3.43. The van der Waals surface area contributed by atoms with Gasteiger partial charge in [0.15, 0.2) is 0 Å². The first-order valence-corrected chi connectivity index (χ1v) is 8.70. The second-order valence-electron chi connectivity index (χ2n) is 6.83. The number of nitrogens with zero attached hydrogens (tertiary/aromatic N) is 4. The Morgan fingerprint density at radius 1 is 1.24 bits per heavy atom. The fraction of sp³-hybridized carbons (Fsp3) is 0.368. The number of benzene rings is 1. The predicted octanol–water partition coefficient (Wildman–Crippen LogP) is 2.69. The molecule has 0 spiro atoms. The molecule has 1 aromatic carbocycles. The van der Waals surface area contributed by atoms with Crippen LogP contribution in [0, 0.1) is 0 Å². The number of hydrogen-bond acceptors (Lipinski definition) is 4. The summed E-state index contributed by atoms with van der Waals surface area (Å²) in [5, 5.41) is 12.7. The van der Waals surface area contributed by atoms with Gasteiger partial charge in [-0.1, -0.05) is 32.0 Å². The highest BCUT2D eigenvalue weighted by Gasteiger charge is 2.25. The molecule has 0 radical (unpaired) electrons. The first kappa shape index (κ1) is 15.7. The number of aryl methyl sites for hydroxylation is 1. The molecule has 1 aliphatic rings. The Kier molecular flexibility index (Phi) is 3.95. The highest BCUT2D eigenvalue weighted by atomic mass is 16.1. The summed E-state index contributed by atoms with van der Waals surface area (Å²) >= 11 is 0. The molecule has 0 fully saturated rings. The summed E-state index contributed by atoms with van der Waals surface area (Å²) in [5.41, 5.74) is 1.36. The van der Waals surface area contributed by atoms with E-state index in [9.17, 15) is 4.79 Å². The summed E-state index contributed by atoms with van der Waals surface area (Å²) < 4.78 is 2.15. The summed E-state index contributed by atoms with van der Waals surface area (Å²) in [6, 6.07) is 9.63. The molecule has 0 saturated heterocycles. The average Bonchev–Trinajstić information content (AvgIpc) is 3.04. The summed E-state index contributed by atoms with van der Waals surface area (Å²) in [4.78, 5) is 17.2. The first-order chi connectivity index (χ1) is 12.1. The molecule has 0 bridgehead atoms. The third kappa shape index (κ3) is 2.88. The number of aromatic nitrogens is 4. The van der Waals surface area contributed by atoms with Crippen molar-refractivity contribution in [1.82, 2.24) is 25.1 Å². The van der Waals surface area contributed by atoms with Crippen molar-refractivity contribution in [3.63, 3.8) is 0 Å². The zero-order chi connectivity index (χ0) is 17.4. The van der Waals surface area contributed by atoms with Gasteiger partial charge in [0.2, 0.25) is 0 Å². The van der Waals surface area contributed by atoms with E-state index in [0.717, 1.165) is 41.9 Å². The lowest BCUT2D eigenvalue weighted by Crippen LogP contribution is -2.41. The van der Waals surface area contributed by atoms with Crippen LogP contribution in [-0.4, -0.2) is 31.7 Å². The van der Waals surface area contributed by atoms with Gasteiger partial charge < -0.3 is 9.88 Å². The molecule has 3 aromatic rings. The van der Waals surface area contributed by atoms with Crippen LogP contribution in [0.1, 0.15) is 48.2 Å². The Bertz CT molecular complexity index is 925. The fourth-order valence-electron chi connectivity index (χ4n) is 3.44. The van der Waals surface area contributed by atoms with E-state index >= 15 is 0 Å². The summed E-state index contributed by atoms with van der Waals surface area (Å²) in [5.74, 6) is 2.25. The van der Waals surface area contributed by atoms with Gasteiger partial charge in [-0.05, 0) is 18.6 Å². The van der Waals surface area contributed by atoms with Crippen molar-refractivity contribution in [3.05, 3.63) is 53.7 Å². The maximum absolute atomic E-state index is 12.8. The normalized spacial score (nSPS) is 16.8. The van der Waals surface area contributed by atoms with E-state index in [1.807, 2.05) is 30.3 Å². The Balaban J connectivity index is 1.56. The standard InChI is InChI=1S/C19H21N5O/c1-12(2)18-23-22-16-9-8-14(11-24(16)18)21-19(25)15-7-3-5-13-6-4-10-20-17(13)15/h3-7,10,12,14H,8-9,11H2,1-2H3,(H,21,25)/t14-/m0/s1. The molecule has 1 atom stereocenters. The fourth-order valence-corrected chi connectivity index (χ4v) is 3.44. The topological polar surface area (TPSA) is 72.7 Å². The maximum atomic E-state index is 12.8. The van der Waals surface area contributed by atoms with E-state index < -0.39 is 0 Å². The van der Waals surface area contributed by atoms with Crippen LogP contribution in [0.2, 0.25) is 0 Å². The highest BCUT2D eigenvalue weighted by molar-refractivity contribution is 6.05. The van der Waals surface area contributed by atoms with Gasteiger partial charge in [-0.15, -0.1) is 10.2 Å². The van der Waals surface area contributed by atoms with Gasteiger partial charge in [-0.2, -0.15) is 0 Å². The van der Waals surface area contributed by atoms with Crippen molar-refractivity contribution in [2.75, 3.05) is 0 Å². The Morgan fingerprint density at radius 3 is 2.92 bits per heavy atom. The van der Waals surface area contributed by atoms with Crippen molar-refractivity contribution in [3.8, 4) is 0 Å². The lowest BCUT2D eigenvalue weighted by atomic mass is 10.0. The molecule has 128 valence electrons. The molecular formula is C19H21N5O. The van der Waals surface area contributed by atoms with E-state index in [4.69, 9.17) is 0 Å². The van der Waals surface area contributed by atoms with E-state index in [2.05, 4.69) is 38.9 Å². The lowest BCUT2D eigenvalue weighted by molar-refractivity contribution is 0.0928. The minimum absolute atomic E-state index is 0.0723. The van der Waals surface area contributed by atoms with E-state index in [1.54, 1.807) is 6.20 Å². The average molecular weight is 335 g/mol. The second-order valence-corrected chi connectivity index (χ2v) is 6.83. The zero-order valence-corrected chi connectivity index (χ0v) is 14.4. The van der Waals surface area contributed by atoms with Crippen LogP contribution in [0.15, 0.2) is 36.5 Å². The number of fused-ring (bicyclic) bond motifs is 2. The number of amides is 1. The van der Waals surface area contributed by atoms with Crippen LogP contribution in [-0.2, 0) is 13.0 Å². The molecule has 1 N–H and O–H groups in total. The third-order valence-corrected chi connectivity index (χ3v) is 4.70. The Labute approximate surface area is 146 Å². The van der Waals surface area contributed by atoms with Crippen molar-refractivity contribution >= 4 is 16.8 Å². The molecule has 1 aliphatic heterocycles. The molecule has 25 heavy (non-hydrogen) atoms. The Hall–Kier alpha value is -2.76. The van der Waals surface area contributed by atoms with Crippen molar-refractivity contribution in [2.24, 2.45) is 0 Å². The molecule has 6 heteroatoms. The Morgan fingerprint density at radius 2 is 2.08 bits per heavy atom. The van der Waals surface area contributed by atoms with Gasteiger partial charge in [0.25, 0.3) is 5.91 Å². The summed E-state index contributed by atoms with van der Waals surface area (Å²) in [7, 11) is 0. The van der Waals surface area contributed by atoms with Gasteiger partial charge in [0.05, 0.1) is 11.1 Å². The highest BCUT2D eigenvalue weighted by Crippen LogP contribution is 2.21. The number of hydrogen-bond donors (Lipinski definition) is 1.